The van der Waals surface area contributed by atoms with E-state index in [2.05, 4.69) is 5.32 Å². The van der Waals surface area contributed by atoms with Gasteiger partial charge in [-0.3, -0.25) is 9.00 Å². The van der Waals surface area contributed by atoms with Gasteiger partial charge in [0.1, 0.15) is 0 Å². The van der Waals surface area contributed by atoms with Gasteiger partial charge in [-0.05, 0) is 25.1 Å². The van der Waals surface area contributed by atoms with Crippen LogP contribution in [0.25, 0.3) is 0 Å². The Bertz CT molecular complexity index is 518. The molecule has 1 atom stereocenters. The van der Waals surface area contributed by atoms with Crippen molar-refractivity contribution in [1.82, 2.24) is 5.32 Å². The number of hydrogen-bond donors (Lipinski definition) is 2. The standard InChI is InChI=1S/C12H15F3N2O2S/c1-2-17-11(18)5-6-20(19)10-4-3-8(7-9(10)16)12(13,14)15/h3-4,7H,2,5-6,16H2,1H3,(H,17,18). The minimum Gasteiger partial charge on any atom is -0.398 e. The van der Waals surface area contributed by atoms with Crippen LogP contribution in [0, 0.1) is 0 Å². The van der Waals surface area contributed by atoms with Gasteiger partial charge in [0, 0.05) is 24.4 Å². The average molecular weight is 308 g/mol. The van der Waals surface area contributed by atoms with Crippen LogP contribution in [0.2, 0.25) is 0 Å². The van der Waals surface area contributed by atoms with Crippen molar-refractivity contribution in [2.45, 2.75) is 24.4 Å². The van der Waals surface area contributed by atoms with Gasteiger partial charge in [0.15, 0.2) is 0 Å². The van der Waals surface area contributed by atoms with Gasteiger partial charge in [0.2, 0.25) is 5.91 Å². The highest BCUT2D eigenvalue weighted by Crippen LogP contribution is 2.32. The zero-order valence-electron chi connectivity index (χ0n) is 10.8. The Labute approximate surface area is 117 Å². The lowest BCUT2D eigenvalue weighted by molar-refractivity contribution is -0.137. The van der Waals surface area contributed by atoms with Gasteiger partial charge in [0.05, 0.1) is 21.3 Å². The molecule has 4 nitrogen and oxygen atoms in total. The number of alkyl halides is 3. The number of amides is 1. The number of halogens is 3. The summed E-state index contributed by atoms with van der Waals surface area (Å²) in [5.74, 6) is -0.243. The molecule has 0 radical (unpaired) electrons. The summed E-state index contributed by atoms with van der Waals surface area (Å²) in [6, 6.07) is 2.67. The molecule has 1 aromatic carbocycles. The summed E-state index contributed by atoms with van der Waals surface area (Å²) in [5.41, 5.74) is 4.41. The average Bonchev–Trinajstić information content (AvgIpc) is 2.35. The molecule has 0 aliphatic carbocycles. The molecule has 8 heteroatoms. The molecule has 0 heterocycles. The van der Waals surface area contributed by atoms with Crippen LogP contribution in [0.1, 0.15) is 18.9 Å². The summed E-state index contributed by atoms with van der Waals surface area (Å²) in [7, 11) is -1.61. The SMILES string of the molecule is CCNC(=O)CCS(=O)c1ccc(C(F)(F)F)cc1N. The molecule has 0 aliphatic heterocycles. The number of carbonyl (C=O) groups excluding carboxylic acids is 1. The van der Waals surface area contributed by atoms with Gasteiger partial charge in [-0.2, -0.15) is 13.2 Å². The van der Waals surface area contributed by atoms with E-state index in [0.717, 1.165) is 18.2 Å². The number of nitrogen functional groups attached to an aromatic ring is 1. The second-order valence-corrected chi connectivity index (χ2v) is 5.54. The molecule has 0 aliphatic rings. The number of rotatable bonds is 5. The number of anilines is 1. The maximum Gasteiger partial charge on any atom is 0.416 e. The highest BCUT2D eigenvalue weighted by atomic mass is 32.2. The molecule has 0 bridgehead atoms. The first kappa shape index (κ1) is 16.5. The van der Waals surface area contributed by atoms with Crippen molar-refractivity contribution in [3.05, 3.63) is 23.8 Å². The van der Waals surface area contributed by atoms with Crippen LogP contribution < -0.4 is 11.1 Å². The number of nitrogens with two attached hydrogens (primary N) is 1. The summed E-state index contributed by atoms with van der Waals surface area (Å²) in [6.07, 6.45) is -4.46. The van der Waals surface area contributed by atoms with Crippen molar-refractivity contribution in [2.24, 2.45) is 0 Å². The largest absolute Gasteiger partial charge is 0.416 e. The Morgan fingerprint density at radius 1 is 1.40 bits per heavy atom. The summed E-state index contributed by atoms with van der Waals surface area (Å²) < 4.78 is 49.3. The molecular weight excluding hydrogens is 293 g/mol. The van der Waals surface area contributed by atoms with E-state index >= 15 is 0 Å². The maximum atomic E-state index is 12.5. The Kier molecular flexibility index (Phi) is 5.55. The molecule has 20 heavy (non-hydrogen) atoms. The smallest absolute Gasteiger partial charge is 0.398 e. The lowest BCUT2D eigenvalue weighted by Gasteiger charge is -2.10. The zero-order chi connectivity index (χ0) is 15.3. The minimum absolute atomic E-state index is 0.0153. The molecule has 3 N–H and O–H groups in total. The number of hydrogen-bond acceptors (Lipinski definition) is 3. The highest BCUT2D eigenvalue weighted by molar-refractivity contribution is 7.85. The zero-order valence-corrected chi connectivity index (χ0v) is 11.6. The number of benzene rings is 1. The van der Waals surface area contributed by atoms with E-state index in [4.69, 9.17) is 5.73 Å². The fourth-order valence-electron chi connectivity index (χ4n) is 1.51. The minimum atomic E-state index is -4.49. The van der Waals surface area contributed by atoms with Crippen molar-refractivity contribution in [3.63, 3.8) is 0 Å². The summed E-state index contributed by atoms with van der Waals surface area (Å²) in [6.45, 7) is 2.22. The van der Waals surface area contributed by atoms with Crippen LogP contribution in [0.5, 0.6) is 0 Å². The number of nitrogens with one attached hydrogen (secondary N) is 1. The molecule has 0 aromatic heterocycles. The van der Waals surface area contributed by atoms with Gasteiger partial charge >= 0.3 is 6.18 Å². The molecule has 1 aromatic rings. The van der Waals surface area contributed by atoms with Crippen molar-refractivity contribution in [3.8, 4) is 0 Å². The van der Waals surface area contributed by atoms with E-state index in [9.17, 15) is 22.2 Å². The molecule has 1 amide bonds. The summed E-state index contributed by atoms with van der Waals surface area (Å²) >= 11 is 0. The van der Waals surface area contributed by atoms with E-state index in [1.54, 1.807) is 6.92 Å². The topological polar surface area (TPSA) is 72.2 Å². The first-order valence-electron chi connectivity index (χ1n) is 5.87. The monoisotopic (exact) mass is 308 g/mol. The fraction of sp³-hybridized carbons (Fsp3) is 0.417. The van der Waals surface area contributed by atoms with Crippen LogP contribution in [-0.2, 0) is 21.8 Å². The van der Waals surface area contributed by atoms with E-state index in [1.165, 1.54) is 0 Å². The van der Waals surface area contributed by atoms with Gasteiger partial charge in [-0.25, -0.2) is 0 Å². The van der Waals surface area contributed by atoms with Crippen molar-refractivity contribution >= 4 is 22.4 Å². The predicted molar refractivity (Wildman–Crippen MR) is 70.4 cm³/mol. The molecule has 1 rings (SSSR count). The van der Waals surface area contributed by atoms with E-state index in [0.29, 0.717) is 6.54 Å². The van der Waals surface area contributed by atoms with Crippen LogP contribution in [0.3, 0.4) is 0 Å². The predicted octanol–water partition coefficient (Wildman–Crippen LogP) is 1.92. The molecule has 0 spiro atoms. The first-order chi connectivity index (χ1) is 9.25. The molecule has 0 saturated heterocycles. The van der Waals surface area contributed by atoms with Gasteiger partial charge in [-0.15, -0.1) is 0 Å². The van der Waals surface area contributed by atoms with Gasteiger partial charge in [-0.1, -0.05) is 0 Å². The Morgan fingerprint density at radius 3 is 2.55 bits per heavy atom. The Balaban J connectivity index is 2.77. The second kappa shape index (κ2) is 6.74. The lowest BCUT2D eigenvalue weighted by Crippen LogP contribution is -2.24. The lowest BCUT2D eigenvalue weighted by atomic mass is 10.2. The first-order valence-corrected chi connectivity index (χ1v) is 7.19. The third-order valence-electron chi connectivity index (χ3n) is 2.47. The molecular formula is C12H15F3N2O2S. The van der Waals surface area contributed by atoms with Gasteiger partial charge in [0.25, 0.3) is 0 Å². The van der Waals surface area contributed by atoms with Crippen molar-refractivity contribution in [2.75, 3.05) is 18.0 Å². The van der Waals surface area contributed by atoms with Crippen LogP contribution in [0.15, 0.2) is 23.1 Å². The molecule has 0 fully saturated rings. The molecule has 1 unspecified atom stereocenters. The summed E-state index contributed by atoms with van der Waals surface area (Å²) in [5, 5.41) is 2.54. The van der Waals surface area contributed by atoms with Crippen LogP contribution in [-0.4, -0.2) is 22.4 Å². The van der Waals surface area contributed by atoms with E-state index in [-0.39, 0.29) is 28.7 Å². The third-order valence-corrected chi connectivity index (χ3v) is 3.91. The van der Waals surface area contributed by atoms with Crippen molar-refractivity contribution < 1.29 is 22.2 Å². The highest BCUT2D eigenvalue weighted by Gasteiger charge is 2.31. The molecule has 0 saturated carbocycles. The van der Waals surface area contributed by atoms with Crippen LogP contribution >= 0.6 is 0 Å². The normalized spacial score (nSPS) is 13.0. The van der Waals surface area contributed by atoms with E-state index in [1.807, 2.05) is 0 Å². The fourth-order valence-corrected chi connectivity index (χ4v) is 2.65. The maximum absolute atomic E-state index is 12.5. The second-order valence-electron chi connectivity index (χ2n) is 4.00. The summed E-state index contributed by atoms with van der Waals surface area (Å²) in [4.78, 5) is 11.3. The Morgan fingerprint density at radius 2 is 2.05 bits per heavy atom. The van der Waals surface area contributed by atoms with Crippen LogP contribution in [0.4, 0.5) is 18.9 Å². The molecule has 112 valence electrons. The van der Waals surface area contributed by atoms with Gasteiger partial charge < -0.3 is 11.1 Å². The number of carbonyl (C=O) groups is 1. The Hall–Kier alpha value is -1.57. The third kappa shape index (κ3) is 4.52. The van der Waals surface area contributed by atoms with Crippen molar-refractivity contribution in [1.29, 1.82) is 0 Å². The quantitative estimate of drug-likeness (QED) is 0.816. The van der Waals surface area contributed by atoms with E-state index < -0.39 is 22.5 Å².